The van der Waals surface area contributed by atoms with Gasteiger partial charge in [-0.2, -0.15) is 0 Å². The SMILES string of the molecule is CC1(C)c2ccccc2-c2ccc(-c3ccc(-c4ccc5c6ccccc6n(-c6cccc(-c7cccc8c7sc7ccccc78)c6)c5c4)cc3)cc21. The maximum atomic E-state index is 2.45. The second-order valence-electron chi connectivity index (χ2n) is 14.9. The van der Waals surface area contributed by atoms with Crippen LogP contribution in [0.25, 0.3) is 92.2 Å². The van der Waals surface area contributed by atoms with E-state index in [1.165, 1.54) is 103 Å². The first-order valence-corrected chi connectivity index (χ1v) is 19.2. The summed E-state index contributed by atoms with van der Waals surface area (Å²) < 4.78 is 5.12. The Hall–Kier alpha value is -6.22. The molecule has 0 aliphatic heterocycles. The second kappa shape index (κ2) is 11.4. The summed E-state index contributed by atoms with van der Waals surface area (Å²) in [5, 5.41) is 5.19. The van der Waals surface area contributed by atoms with E-state index in [-0.39, 0.29) is 5.41 Å². The van der Waals surface area contributed by atoms with Gasteiger partial charge in [0.25, 0.3) is 0 Å². The van der Waals surface area contributed by atoms with Crippen LogP contribution in [0.3, 0.4) is 0 Å². The van der Waals surface area contributed by atoms with Crippen molar-refractivity contribution in [1.29, 1.82) is 0 Å². The molecule has 0 fully saturated rings. The van der Waals surface area contributed by atoms with E-state index in [9.17, 15) is 0 Å². The summed E-state index contributed by atoms with van der Waals surface area (Å²) in [7, 11) is 0. The largest absolute Gasteiger partial charge is 0.309 e. The van der Waals surface area contributed by atoms with Crippen molar-refractivity contribution < 1.29 is 0 Å². The molecule has 0 saturated heterocycles. The molecule has 10 aromatic rings. The van der Waals surface area contributed by atoms with E-state index in [2.05, 4.69) is 194 Å². The van der Waals surface area contributed by atoms with Gasteiger partial charge in [-0.1, -0.05) is 153 Å². The van der Waals surface area contributed by atoms with Crippen LogP contribution < -0.4 is 0 Å². The summed E-state index contributed by atoms with van der Waals surface area (Å²) in [5.74, 6) is 0. The fourth-order valence-corrected chi connectivity index (χ4v) is 10.2. The number of thiophene rings is 1. The number of para-hydroxylation sites is 1. The Morgan fingerprint density at radius 3 is 1.89 bits per heavy atom. The standard InChI is InChI=1S/C51H35NS/c1-51(2)45-18-6-3-13-39(45)40-27-25-34(30-46(40)51)32-21-23-33(24-22-32)35-26-28-42-41-14-4-7-19-47(41)52(48(42)31-35)37-12-9-11-36(29-37)38-16-10-17-44-43-15-5-8-20-49(43)53-50(38)44/h3-31H,1-2H3. The lowest BCUT2D eigenvalue weighted by Gasteiger charge is -2.22. The van der Waals surface area contributed by atoms with Crippen LogP contribution in [-0.4, -0.2) is 4.57 Å². The molecule has 0 N–H and O–H groups in total. The van der Waals surface area contributed by atoms with Crippen LogP contribution in [0.4, 0.5) is 0 Å². The highest BCUT2D eigenvalue weighted by Gasteiger charge is 2.35. The van der Waals surface area contributed by atoms with Crippen LogP contribution in [0.1, 0.15) is 25.0 Å². The van der Waals surface area contributed by atoms with Crippen LogP contribution in [0, 0.1) is 0 Å². The molecule has 0 saturated carbocycles. The highest BCUT2D eigenvalue weighted by molar-refractivity contribution is 7.26. The van der Waals surface area contributed by atoms with Gasteiger partial charge in [0.2, 0.25) is 0 Å². The highest BCUT2D eigenvalue weighted by Crippen LogP contribution is 2.49. The topological polar surface area (TPSA) is 4.93 Å². The average molecular weight is 694 g/mol. The zero-order chi connectivity index (χ0) is 35.3. The van der Waals surface area contributed by atoms with E-state index in [1.807, 2.05) is 11.3 Å². The molecular formula is C51H35NS. The Morgan fingerprint density at radius 2 is 1.02 bits per heavy atom. The first-order chi connectivity index (χ1) is 26.0. The molecule has 0 unspecified atom stereocenters. The zero-order valence-electron chi connectivity index (χ0n) is 29.6. The van der Waals surface area contributed by atoms with Crippen molar-refractivity contribution in [2.24, 2.45) is 0 Å². The van der Waals surface area contributed by atoms with Gasteiger partial charge in [0.15, 0.2) is 0 Å². The molecule has 8 aromatic carbocycles. The number of nitrogens with zero attached hydrogens (tertiary/aromatic N) is 1. The summed E-state index contributed by atoms with van der Waals surface area (Å²) in [6, 6.07) is 65.3. The Labute approximate surface area is 313 Å². The molecule has 2 aromatic heterocycles. The van der Waals surface area contributed by atoms with Crippen molar-refractivity contribution in [2.45, 2.75) is 19.3 Å². The lowest BCUT2D eigenvalue weighted by Crippen LogP contribution is -2.14. The van der Waals surface area contributed by atoms with Crippen LogP contribution in [0.15, 0.2) is 176 Å². The molecule has 1 aliphatic carbocycles. The minimum atomic E-state index is -0.0127. The molecule has 0 bridgehead atoms. The minimum Gasteiger partial charge on any atom is -0.309 e. The number of benzene rings is 8. The molecule has 250 valence electrons. The molecule has 0 atom stereocenters. The van der Waals surface area contributed by atoms with Gasteiger partial charge in [-0.05, 0) is 92.0 Å². The molecule has 2 heteroatoms. The van der Waals surface area contributed by atoms with E-state index >= 15 is 0 Å². The number of hydrogen-bond acceptors (Lipinski definition) is 1. The lowest BCUT2D eigenvalue weighted by molar-refractivity contribution is 0.660. The van der Waals surface area contributed by atoms with E-state index in [1.54, 1.807) is 0 Å². The Kier molecular flexibility index (Phi) is 6.53. The summed E-state index contributed by atoms with van der Waals surface area (Å²) in [6.45, 7) is 4.70. The zero-order valence-corrected chi connectivity index (χ0v) is 30.4. The van der Waals surface area contributed by atoms with Gasteiger partial charge in [0, 0.05) is 42.0 Å². The van der Waals surface area contributed by atoms with Gasteiger partial charge in [0.05, 0.1) is 11.0 Å². The van der Waals surface area contributed by atoms with Crippen molar-refractivity contribution >= 4 is 53.3 Å². The van der Waals surface area contributed by atoms with Gasteiger partial charge in [-0.25, -0.2) is 0 Å². The van der Waals surface area contributed by atoms with Crippen LogP contribution in [0.5, 0.6) is 0 Å². The van der Waals surface area contributed by atoms with E-state index in [0.29, 0.717) is 0 Å². The van der Waals surface area contributed by atoms with Gasteiger partial charge < -0.3 is 4.57 Å². The van der Waals surface area contributed by atoms with Crippen molar-refractivity contribution in [2.75, 3.05) is 0 Å². The maximum absolute atomic E-state index is 2.45. The molecule has 11 rings (SSSR count). The summed E-state index contributed by atoms with van der Waals surface area (Å²) >= 11 is 1.89. The second-order valence-corrected chi connectivity index (χ2v) is 16.0. The number of rotatable bonds is 4. The van der Waals surface area contributed by atoms with E-state index in [4.69, 9.17) is 0 Å². The number of aromatic nitrogens is 1. The predicted octanol–water partition coefficient (Wildman–Crippen LogP) is 14.5. The first kappa shape index (κ1) is 30.4. The molecule has 0 spiro atoms. The van der Waals surface area contributed by atoms with Gasteiger partial charge >= 0.3 is 0 Å². The molecule has 0 amide bonds. The molecule has 1 aliphatic rings. The predicted molar refractivity (Wildman–Crippen MR) is 228 cm³/mol. The maximum Gasteiger partial charge on any atom is 0.0547 e. The molecule has 0 radical (unpaired) electrons. The number of hydrogen-bond donors (Lipinski definition) is 0. The Bertz CT molecular complexity index is 3080. The Balaban J connectivity index is 1.000. The summed E-state index contributed by atoms with van der Waals surface area (Å²) in [4.78, 5) is 0. The van der Waals surface area contributed by atoms with Crippen LogP contribution in [0.2, 0.25) is 0 Å². The van der Waals surface area contributed by atoms with Crippen molar-refractivity contribution in [3.05, 3.63) is 187 Å². The van der Waals surface area contributed by atoms with E-state index < -0.39 is 0 Å². The van der Waals surface area contributed by atoms with Gasteiger partial charge in [-0.3, -0.25) is 0 Å². The molecule has 53 heavy (non-hydrogen) atoms. The minimum absolute atomic E-state index is 0.0127. The molecule has 2 heterocycles. The summed E-state index contributed by atoms with van der Waals surface area (Å²) in [5.41, 5.74) is 16.6. The third-order valence-electron chi connectivity index (χ3n) is 11.6. The highest BCUT2D eigenvalue weighted by atomic mass is 32.1. The first-order valence-electron chi connectivity index (χ1n) is 18.4. The summed E-state index contributed by atoms with van der Waals surface area (Å²) in [6.07, 6.45) is 0. The van der Waals surface area contributed by atoms with Crippen molar-refractivity contribution in [1.82, 2.24) is 4.57 Å². The third-order valence-corrected chi connectivity index (χ3v) is 12.8. The normalized spacial score (nSPS) is 13.2. The van der Waals surface area contributed by atoms with Gasteiger partial charge in [-0.15, -0.1) is 11.3 Å². The fraction of sp³-hybridized carbons (Fsp3) is 0.0588. The Morgan fingerprint density at radius 1 is 0.396 bits per heavy atom. The third kappa shape index (κ3) is 4.56. The fourth-order valence-electron chi connectivity index (χ4n) is 8.95. The van der Waals surface area contributed by atoms with Gasteiger partial charge in [0.1, 0.15) is 0 Å². The van der Waals surface area contributed by atoms with E-state index in [0.717, 1.165) is 0 Å². The molecule has 1 nitrogen and oxygen atoms in total. The van der Waals surface area contributed by atoms with Crippen LogP contribution >= 0.6 is 11.3 Å². The molecular weight excluding hydrogens is 659 g/mol. The average Bonchev–Trinajstić information content (AvgIpc) is 3.83. The monoisotopic (exact) mass is 693 g/mol. The van der Waals surface area contributed by atoms with Crippen molar-refractivity contribution in [3.63, 3.8) is 0 Å². The number of fused-ring (bicyclic) bond motifs is 9. The van der Waals surface area contributed by atoms with Crippen molar-refractivity contribution in [3.8, 4) is 50.2 Å². The quantitative estimate of drug-likeness (QED) is 0.173. The smallest absolute Gasteiger partial charge is 0.0547 e. The van der Waals surface area contributed by atoms with Crippen LogP contribution in [-0.2, 0) is 5.41 Å². The lowest BCUT2D eigenvalue weighted by atomic mass is 9.81.